The summed E-state index contributed by atoms with van der Waals surface area (Å²) in [5.41, 5.74) is 1.82. The highest BCUT2D eigenvalue weighted by molar-refractivity contribution is 5.95. The smallest absolute Gasteiger partial charge is 0.338 e. The van der Waals surface area contributed by atoms with Gasteiger partial charge in [-0.3, -0.25) is 14.6 Å². The van der Waals surface area contributed by atoms with Crippen LogP contribution in [0.15, 0.2) is 41.6 Å². The van der Waals surface area contributed by atoms with Gasteiger partial charge in [-0.25, -0.2) is 9.59 Å². The lowest BCUT2D eigenvalue weighted by molar-refractivity contribution is -0.139. The van der Waals surface area contributed by atoms with Crippen molar-refractivity contribution in [2.45, 2.75) is 26.3 Å². The molecule has 3 rings (SSSR count). The van der Waals surface area contributed by atoms with Gasteiger partial charge in [0.25, 0.3) is 0 Å². The number of carbonyl (C=O) groups excluding carboxylic acids is 3. The molecule has 0 radical (unpaired) electrons. The number of esters is 1. The molecule has 2 aliphatic heterocycles. The molecule has 1 unspecified atom stereocenters. The van der Waals surface area contributed by atoms with E-state index in [1.165, 1.54) is 0 Å². The molecule has 3 amide bonds. The number of amides is 3. The second kappa shape index (κ2) is 11.6. The summed E-state index contributed by atoms with van der Waals surface area (Å²) in [4.78, 5) is 41.5. The molecule has 0 aromatic heterocycles. The van der Waals surface area contributed by atoms with E-state index in [1.807, 2.05) is 37.3 Å². The first-order valence-electron chi connectivity index (χ1n) is 11.3. The third kappa shape index (κ3) is 6.30. The van der Waals surface area contributed by atoms with Gasteiger partial charge in [0.2, 0.25) is 5.91 Å². The van der Waals surface area contributed by atoms with Crippen molar-refractivity contribution in [2.75, 3.05) is 52.4 Å². The average Bonchev–Trinajstić information content (AvgIpc) is 2.79. The molecule has 1 aromatic carbocycles. The SMILES string of the molecule is CCCNC(=O)CN1CCN(CC2=C(C(=O)OCC)C(c3ccccc3)NC(=O)N2)CC1. The third-order valence-electron chi connectivity index (χ3n) is 5.57. The summed E-state index contributed by atoms with van der Waals surface area (Å²) in [6.45, 7) is 8.53. The maximum absolute atomic E-state index is 12.9. The molecule has 0 bridgehead atoms. The molecule has 9 heteroatoms. The number of benzene rings is 1. The predicted molar refractivity (Wildman–Crippen MR) is 121 cm³/mol. The van der Waals surface area contributed by atoms with Crippen molar-refractivity contribution in [1.82, 2.24) is 25.8 Å². The second-order valence-electron chi connectivity index (χ2n) is 7.96. The molecule has 3 N–H and O–H groups in total. The van der Waals surface area contributed by atoms with Gasteiger partial charge in [-0.1, -0.05) is 37.3 Å². The van der Waals surface area contributed by atoms with E-state index in [0.29, 0.717) is 30.9 Å². The van der Waals surface area contributed by atoms with Gasteiger partial charge in [0.15, 0.2) is 0 Å². The van der Waals surface area contributed by atoms with Gasteiger partial charge in [0, 0.05) is 45.0 Å². The Morgan fingerprint density at radius 2 is 1.78 bits per heavy atom. The van der Waals surface area contributed by atoms with E-state index in [-0.39, 0.29) is 18.5 Å². The zero-order valence-electron chi connectivity index (χ0n) is 18.9. The van der Waals surface area contributed by atoms with E-state index >= 15 is 0 Å². The van der Waals surface area contributed by atoms with Gasteiger partial charge in [-0.05, 0) is 18.9 Å². The van der Waals surface area contributed by atoms with Crippen molar-refractivity contribution in [3.05, 3.63) is 47.2 Å². The summed E-state index contributed by atoms with van der Waals surface area (Å²) in [5, 5.41) is 8.59. The van der Waals surface area contributed by atoms with Crippen LogP contribution in [0.1, 0.15) is 31.9 Å². The summed E-state index contributed by atoms with van der Waals surface area (Å²) in [5.74, 6) is -0.390. The first-order chi connectivity index (χ1) is 15.5. The van der Waals surface area contributed by atoms with Crippen LogP contribution in [-0.2, 0) is 14.3 Å². The van der Waals surface area contributed by atoms with E-state index in [4.69, 9.17) is 4.74 Å². The Hall–Kier alpha value is -2.91. The molecule has 1 saturated heterocycles. The predicted octanol–water partition coefficient (Wildman–Crippen LogP) is 1.00. The Labute approximate surface area is 189 Å². The summed E-state index contributed by atoms with van der Waals surface area (Å²) in [7, 11) is 0. The van der Waals surface area contributed by atoms with E-state index in [0.717, 1.165) is 38.2 Å². The van der Waals surface area contributed by atoms with Crippen molar-refractivity contribution in [1.29, 1.82) is 0 Å². The number of piperazine rings is 1. The lowest BCUT2D eigenvalue weighted by Crippen LogP contribution is -2.52. The minimum atomic E-state index is -0.567. The normalized spacial score (nSPS) is 19.8. The molecule has 0 saturated carbocycles. The van der Waals surface area contributed by atoms with E-state index < -0.39 is 12.0 Å². The fourth-order valence-electron chi connectivity index (χ4n) is 3.94. The highest BCUT2D eigenvalue weighted by atomic mass is 16.5. The van der Waals surface area contributed by atoms with Crippen LogP contribution in [0.3, 0.4) is 0 Å². The topological polar surface area (TPSA) is 103 Å². The lowest BCUT2D eigenvalue weighted by Gasteiger charge is -2.36. The maximum atomic E-state index is 12.9. The number of hydrogen-bond acceptors (Lipinski definition) is 6. The molecule has 1 fully saturated rings. The van der Waals surface area contributed by atoms with Gasteiger partial charge in [-0.15, -0.1) is 0 Å². The highest BCUT2D eigenvalue weighted by Gasteiger charge is 2.34. The van der Waals surface area contributed by atoms with Crippen LogP contribution in [0.4, 0.5) is 4.79 Å². The molecular formula is C23H33N5O4. The van der Waals surface area contributed by atoms with Crippen molar-refractivity contribution in [3.63, 3.8) is 0 Å². The molecule has 174 valence electrons. The van der Waals surface area contributed by atoms with Gasteiger partial charge in [0.05, 0.1) is 24.8 Å². The van der Waals surface area contributed by atoms with Crippen LogP contribution in [-0.4, -0.2) is 80.1 Å². The van der Waals surface area contributed by atoms with E-state index in [1.54, 1.807) is 6.92 Å². The van der Waals surface area contributed by atoms with Crippen LogP contribution in [0, 0.1) is 0 Å². The van der Waals surface area contributed by atoms with Gasteiger partial charge in [0.1, 0.15) is 0 Å². The zero-order chi connectivity index (χ0) is 22.9. The van der Waals surface area contributed by atoms with Crippen LogP contribution in [0.25, 0.3) is 0 Å². The molecule has 9 nitrogen and oxygen atoms in total. The Balaban J connectivity index is 1.71. The lowest BCUT2D eigenvalue weighted by atomic mass is 9.95. The van der Waals surface area contributed by atoms with E-state index in [2.05, 4.69) is 25.8 Å². The Kier molecular flexibility index (Phi) is 8.64. The third-order valence-corrected chi connectivity index (χ3v) is 5.57. The van der Waals surface area contributed by atoms with Crippen LogP contribution in [0.2, 0.25) is 0 Å². The van der Waals surface area contributed by atoms with Gasteiger partial charge >= 0.3 is 12.0 Å². The fraction of sp³-hybridized carbons (Fsp3) is 0.522. The number of nitrogens with zero attached hydrogens (tertiary/aromatic N) is 2. The number of hydrogen-bond donors (Lipinski definition) is 3. The van der Waals surface area contributed by atoms with Crippen molar-refractivity contribution in [3.8, 4) is 0 Å². The Bertz CT molecular complexity index is 834. The number of rotatable bonds is 9. The summed E-state index contributed by atoms with van der Waals surface area (Å²) in [6, 6.07) is 8.51. The Morgan fingerprint density at radius 3 is 2.44 bits per heavy atom. The number of ether oxygens (including phenoxy) is 1. The molecule has 1 aromatic rings. The maximum Gasteiger partial charge on any atom is 0.338 e. The average molecular weight is 444 g/mol. The summed E-state index contributed by atoms with van der Waals surface area (Å²) < 4.78 is 5.32. The monoisotopic (exact) mass is 443 g/mol. The van der Waals surface area contributed by atoms with E-state index in [9.17, 15) is 14.4 Å². The van der Waals surface area contributed by atoms with Crippen LogP contribution < -0.4 is 16.0 Å². The molecule has 1 atom stereocenters. The minimum Gasteiger partial charge on any atom is -0.463 e. The largest absolute Gasteiger partial charge is 0.463 e. The van der Waals surface area contributed by atoms with Gasteiger partial charge < -0.3 is 20.7 Å². The molecule has 0 spiro atoms. The fourth-order valence-corrected chi connectivity index (χ4v) is 3.94. The molecule has 2 aliphatic rings. The molecular weight excluding hydrogens is 410 g/mol. The molecule has 32 heavy (non-hydrogen) atoms. The molecule has 2 heterocycles. The standard InChI is InChI=1S/C23H33N5O4/c1-3-10-24-19(29)16-28-13-11-27(12-14-28)15-18-20(22(30)32-4-2)21(26-23(31)25-18)17-8-6-5-7-9-17/h5-9,21H,3-4,10-16H2,1-2H3,(H,24,29)(H2,25,26,31). The zero-order valence-corrected chi connectivity index (χ0v) is 18.9. The quantitative estimate of drug-likeness (QED) is 0.492. The first-order valence-corrected chi connectivity index (χ1v) is 11.3. The number of nitrogens with one attached hydrogen (secondary N) is 3. The molecule has 0 aliphatic carbocycles. The van der Waals surface area contributed by atoms with Crippen LogP contribution in [0.5, 0.6) is 0 Å². The van der Waals surface area contributed by atoms with Crippen molar-refractivity contribution in [2.24, 2.45) is 0 Å². The Morgan fingerprint density at radius 1 is 1.09 bits per heavy atom. The van der Waals surface area contributed by atoms with Gasteiger partial charge in [-0.2, -0.15) is 0 Å². The first kappa shape index (κ1) is 23.7. The summed E-state index contributed by atoms with van der Waals surface area (Å²) >= 11 is 0. The number of carbonyl (C=O) groups is 3. The highest BCUT2D eigenvalue weighted by Crippen LogP contribution is 2.28. The number of urea groups is 1. The minimum absolute atomic E-state index is 0.0453. The van der Waals surface area contributed by atoms with Crippen LogP contribution >= 0.6 is 0 Å². The van der Waals surface area contributed by atoms with Crippen molar-refractivity contribution < 1.29 is 19.1 Å². The van der Waals surface area contributed by atoms with Crippen molar-refractivity contribution >= 4 is 17.9 Å². The summed E-state index contributed by atoms with van der Waals surface area (Å²) in [6.07, 6.45) is 0.919. The second-order valence-corrected chi connectivity index (χ2v) is 7.96.